The highest BCUT2D eigenvalue weighted by Crippen LogP contribution is 2.26. The highest BCUT2D eigenvalue weighted by molar-refractivity contribution is 5.56. The van der Waals surface area contributed by atoms with Gasteiger partial charge in [0.25, 0.3) is 0 Å². The van der Waals surface area contributed by atoms with Crippen LogP contribution in [0.15, 0.2) is 6.33 Å². The van der Waals surface area contributed by atoms with Crippen LogP contribution in [-0.2, 0) is 6.42 Å². The molecule has 0 spiro atoms. The molecule has 0 atom stereocenters. The third kappa shape index (κ3) is 3.15. The first-order valence-electron chi connectivity index (χ1n) is 7.14. The van der Waals surface area contributed by atoms with Crippen molar-refractivity contribution in [1.82, 2.24) is 14.9 Å². The molecule has 1 aromatic rings. The maximum absolute atomic E-state index is 6.00. The van der Waals surface area contributed by atoms with Crippen LogP contribution in [0.1, 0.15) is 31.7 Å². The van der Waals surface area contributed by atoms with Gasteiger partial charge in [0.15, 0.2) is 0 Å². The van der Waals surface area contributed by atoms with Crippen LogP contribution in [0.3, 0.4) is 0 Å². The molecule has 0 radical (unpaired) electrons. The Bertz CT molecular complexity index is 410. The lowest BCUT2D eigenvalue weighted by atomic mass is 10.0. The van der Waals surface area contributed by atoms with E-state index in [1.165, 1.54) is 12.8 Å². The predicted molar refractivity (Wildman–Crippen MR) is 79.4 cm³/mol. The number of nitrogen functional groups attached to an aromatic ring is 1. The molecule has 19 heavy (non-hydrogen) atoms. The maximum atomic E-state index is 6.00. The SMILES string of the molecule is CCCc1c(N)ncnc1N1CCC(N(C)C)CC1. The topological polar surface area (TPSA) is 58.3 Å². The van der Waals surface area contributed by atoms with Crippen LogP contribution < -0.4 is 10.6 Å². The van der Waals surface area contributed by atoms with Crippen molar-refractivity contribution in [2.75, 3.05) is 37.8 Å². The van der Waals surface area contributed by atoms with Crippen LogP contribution in [0.5, 0.6) is 0 Å². The number of piperidine rings is 1. The van der Waals surface area contributed by atoms with E-state index in [0.717, 1.165) is 37.3 Å². The zero-order chi connectivity index (χ0) is 13.8. The van der Waals surface area contributed by atoms with E-state index in [1.54, 1.807) is 6.33 Å². The van der Waals surface area contributed by atoms with Crippen molar-refractivity contribution < 1.29 is 0 Å². The molecule has 5 nitrogen and oxygen atoms in total. The van der Waals surface area contributed by atoms with Gasteiger partial charge < -0.3 is 15.5 Å². The van der Waals surface area contributed by atoms with Crippen LogP contribution in [0.2, 0.25) is 0 Å². The molecule has 1 fully saturated rings. The second-order valence-electron chi connectivity index (χ2n) is 5.49. The summed E-state index contributed by atoms with van der Waals surface area (Å²) in [5, 5.41) is 0. The van der Waals surface area contributed by atoms with Gasteiger partial charge in [0.2, 0.25) is 0 Å². The number of hydrogen-bond acceptors (Lipinski definition) is 5. The van der Waals surface area contributed by atoms with Gasteiger partial charge in [0, 0.05) is 24.7 Å². The fraction of sp³-hybridized carbons (Fsp3) is 0.714. The van der Waals surface area contributed by atoms with Gasteiger partial charge in [-0.2, -0.15) is 0 Å². The second kappa shape index (κ2) is 6.19. The first kappa shape index (κ1) is 14.1. The average Bonchev–Trinajstić information content (AvgIpc) is 2.41. The molecule has 1 saturated heterocycles. The van der Waals surface area contributed by atoms with E-state index in [1.807, 2.05) is 0 Å². The Morgan fingerprint density at radius 3 is 2.58 bits per heavy atom. The van der Waals surface area contributed by atoms with Crippen LogP contribution in [0.4, 0.5) is 11.6 Å². The number of nitrogens with two attached hydrogens (primary N) is 1. The van der Waals surface area contributed by atoms with Gasteiger partial charge in [0.1, 0.15) is 18.0 Å². The molecular weight excluding hydrogens is 238 g/mol. The molecular formula is C14H25N5. The fourth-order valence-corrected chi connectivity index (χ4v) is 2.77. The molecule has 2 rings (SSSR count). The molecule has 1 aromatic heterocycles. The molecule has 0 aromatic carbocycles. The van der Waals surface area contributed by atoms with Crippen LogP contribution in [0, 0.1) is 0 Å². The minimum Gasteiger partial charge on any atom is -0.383 e. The van der Waals surface area contributed by atoms with Crippen molar-refractivity contribution in [2.45, 2.75) is 38.6 Å². The molecule has 106 valence electrons. The van der Waals surface area contributed by atoms with E-state index in [2.05, 4.69) is 40.8 Å². The lowest BCUT2D eigenvalue weighted by Gasteiger charge is -2.36. The monoisotopic (exact) mass is 263 g/mol. The molecule has 0 saturated carbocycles. The number of rotatable bonds is 4. The third-order valence-corrected chi connectivity index (χ3v) is 3.95. The molecule has 2 N–H and O–H groups in total. The first-order valence-corrected chi connectivity index (χ1v) is 7.14. The lowest BCUT2D eigenvalue weighted by Crippen LogP contribution is -2.42. The highest BCUT2D eigenvalue weighted by atomic mass is 15.2. The molecule has 0 unspecified atom stereocenters. The fourth-order valence-electron chi connectivity index (χ4n) is 2.77. The van der Waals surface area contributed by atoms with Crippen molar-refractivity contribution >= 4 is 11.6 Å². The summed E-state index contributed by atoms with van der Waals surface area (Å²) in [6.07, 6.45) is 5.97. The third-order valence-electron chi connectivity index (χ3n) is 3.95. The molecule has 1 aliphatic heterocycles. The van der Waals surface area contributed by atoms with E-state index < -0.39 is 0 Å². The van der Waals surface area contributed by atoms with E-state index >= 15 is 0 Å². The van der Waals surface area contributed by atoms with Crippen molar-refractivity contribution in [2.24, 2.45) is 0 Å². The molecule has 0 bridgehead atoms. The smallest absolute Gasteiger partial charge is 0.137 e. The van der Waals surface area contributed by atoms with Gasteiger partial charge in [-0.3, -0.25) is 0 Å². The minimum atomic E-state index is 0.640. The van der Waals surface area contributed by atoms with Gasteiger partial charge in [-0.15, -0.1) is 0 Å². The molecule has 1 aliphatic rings. The first-order chi connectivity index (χ1) is 9.13. The summed E-state index contributed by atoms with van der Waals surface area (Å²) in [4.78, 5) is 13.3. The van der Waals surface area contributed by atoms with Crippen molar-refractivity contribution in [3.8, 4) is 0 Å². The van der Waals surface area contributed by atoms with Gasteiger partial charge >= 0.3 is 0 Å². The van der Waals surface area contributed by atoms with E-state index in [4.69, 9.17) is 5.73 Å². The van der Waals surface area contributed by atoms with Crippen LogP contribution in [0.25, 0.3) is 0 Å². The largest absolute Gasteiger partial charge is 0.383 e. The van der Waals surface area contributed by atoms with Crippen molar-refractivity contribution in [1.29, 1.82) is 0 Å². The molecule has 5 heteroatoms. The van der Waals surface area contributed by atoms with Gasteiger partial charge in [0.05, 0.1) is 0 Å². The quantitative estimate of drug-likeness (QED) is 0.893. The summed E-state index contributed by atoms with van der Waals surface area (Å²) in [6, 6.07) is 0.685. The van der Waals surface area contributed by atoms with E-state index in [0.29, 0.717) is 11.9 Å². The average molecular weight is 263 g/mol. The maximum Gasteiger partial charge on any atom is 0.137 e. The highest BCUT2D eigenvalue weighted by Gasteiger charge is 2.23. The Morgan fingerprint density at radius 1 is 1.32 bits per heavy atom. The zero-order valence-corrected chi connectivity index (χ0v) is 12.3. The van der Waals surface area contributed by atoms with Gasteiger partial charge in [-0.25, -0.2) is 9.97 Å². The summed E-state index contributed by atoms with van der Waals surface area (Å²) in [7, 11) is 4.32. The zero-order valence-electron chi connectivity index (χ0n) is 12.3. The van der Waals surface area contributed by atoms with Gasteiger partial charge in [-0.1, -0.05) is 13.3 Å². The molecule has 2 heterocycles. The number of aromatic nitrogens is 2. The Hall–Kier alpha value is -1.36. The Morgan fingerprint density at radius 2 is 2.00 bits per heavy atom. The van der Waals surface area contributed by atoms with Crippen molar-refractivity contribution in [3.05, 3.63) is 11.9 Å². The summed E-state index contributed by atoms with van der Waals surface area (Å²) in [5.41, 5.74) is 7.12. The van der Waals surface area contributed by atoms with Crippen molar-refractivity contribution in [3.63, 3.8) is 0 Å². The Balaban J connectivity index is 2.13. The van der Waals surface area contributed by atoms with E-state index in [9.17, 15) is 0 Å². The number of nitrogens with zero attached hydrogens (tertiary/aromatic N) is 4. The van der Waals surface area contributed by atoms with Crippen LogP contribution >= 0.6 is 0 Å². The summed E-state index contributed by atoms with van der Waals surface area (Å²) < 4.78 is 0. The standard InChI is InChI=1S/C14H25N5/c1-4-5-12-13(15)16-10-17-14(12)19-8-6-11(7-9-19)18(2)3/h10-11H,4-9H2,1-3H3,(H2,15,16,17). The normalized spacial score (nSPS) is 17.2. The van der Waals surface area contributed by atoms with Gasteiger partial charge in [-0.05, 0) is 33.4 Å². The summed E-state index contributed by atoms with van der Waals surface area (Å²) in [6.45, 7) is 4.26. The summed E-state index contributed by atoms with van der Waals surface area (Å²) >= 11 is 0. The summed E-state index contributed by atoms with van der Waals surface area (Å²) in [5.74, 6) is 1.69. The molecule has 0 amide bonds. The predicted octanol–water partition coefficient (Wildman–Crippen LogP) is 1.54. The van der Waals surface area contributed by atoms with E-state index in [-0.39, 0.29) is 0 Å². The minimum absolute atomic E-state index is 0.640. The number of anilines is 2. The lowest BCUT2D eigenvalue weighted by molar-refractivity contribution is 0.249. The van der Waals surface area contributed by atoms with Crippen LogP contribution in [-0.4, -0.2) is 48.1 Å². The Labute approximate surface area is 115 Å². The second-order valence-corrected chi connectivity index (χ2v) is 5.49. The Kier molecular flexibility index (Phi) is 4.58. The molecule has 0 aliphatic carbocycles. The number of hydrogen-bond donors (Lipinski definition) is 1.